The van der Waals surface area contributed by atoms with Gasteiger partial charge in [-0.15, -0.1) is 0 Å². The average Bonchev–Trinajstić information content (AvgIpc) is 2.05. The Kier molecular flexibility index (Phi) is 2.69. The molecule has 0 atom stereocenters. The van der Waals surface area contributed by atoms with Crippen LogP contribution in [0.4, 0.5) is 0 Å². The van der Waals surface area contributed by atoms with E-state index in [2.05, 4.69) is 6.07 Å². The van der Waals surface area contributed by atoms with Crippen LogP contribution in [0.1, 0.15) is 12.5 Å². The lowest BCUT2D eigenvalue weighted by Gasteiger charge is -2.03. The van der Waals surface area contributed by atoms with Crippen LogP contribution in [0.5, 0.6) is 5.75 Å². The van der Waals surface area contributed by atoms with Crippen LogP contribution in [0, 0.1) is 11.5 Å². The second-order valence-corrected chi connectivity index (χ2v) is 2.29. The number of hydrogen-bond acceptors (Lipinski definition) is 2. The lowest BCUT2D eigenvalue weighted by molar-refractivity contribution is 0.339. The third-order valence-corrected chi connectivity index (χ3v) is 1.39. The maximum absolute atomic E-state index is 7.17. The minimum atomic E-state index is 0.0463. The SMILES string of the molecule is CCOc1[c]ccc(C(=N)N)c1. The molecule has 0 saturated carbocycles. The van der Waals surface area contributed by atoms with Crippen LogP contribution in [0.2, 0.25) is 0 Å². The van der Waals surface area contributed by atoms with Gasteiger partial charge in [-0.2, -0.15) is 0 Å². The van der Waals surface area contributed by atoms with Gasteiger partial charge in [0.1, 0.15) is 11.6 Å². The first-order valence-corrected chi connectivity index (χ1v) is 3.73. The van der Waals surface area contributed by atoms with Crippen molar-refractivity contribution in [3.8, 4) is 5.75 Å². The fourth-order valence-electron chi connectivity index (χ4n) is 0.851. The molecule has 3 nitrogen and oxygen atoms in total. The molecule has 1 rings (SSSR count). The number of rotatable bonds is 3. The van der Waals surface area contributed by atoms with Gasteiger partial charge in [0.05, 0.1) is 6.61 Å². The van der Waals surface area contributed by atoms with Gasteiger partial charge < -0.3 is 10.5 Å². The largest absolute Gasteiger partial charge is 0.493 e. The normalized spacial score (nSPS) is 9.42. The highest BCUT2D eigenvalue weighted by Crippen LogP contribution is 2.11. The van der Waals surface area contributed by atoms with Gasteiger partial charge >= 0.3 is 0 Å². The molecule has 0 bridgehead atoms. The second-order valence-electron chi connectivity index (χ2n) is 2.29. The Morgan fingerprint density at radius 3 is 3.08 bits per heavy atom. The predicted octanol–water partition coefficient (Wildman–Crippen LogP) is 1.17. The highest BCUT2D eigenvalue weighted by atomic mass is 16.5. The van der Waals surface area contributed by atoms with Crippen molar-refractivity contribution < 1.29 is 4.74 Å². The van der Waals surface area contributed by atoms with Gasteiger partial charge in [-0.25, -0.2) is 0 Å². The van der Waals surface area contributed by atoms with E-state index in [1.807, 2.05) is 6.92 Å². The van der Waals surface area contributed by atoms with Crippen LogP contribution in [0.3, 0.4) is 0 Å². The van der Waals surface area contributed by atoms with Crippen LogP contribution in [-0.4, -0.2) is 12.4 Å². The van der Waals surface area contributed by atoms with Gasteiger partial charge in [0.15, 0.2) is 0 Å². The zero-order chi connectivity index (χ0) is 8.97. The quantitative estimate of drug-likeness (QED) is 0.519. The van der Waals surface area contributed by atoms with Gasteiger partial charge in [-0.05, 0) is 19.1 Å². The molecule has 0 saturated heterocycles. The highest BCUT2D eigenvalue weighted by Gasteiger charge is 1.97. The second kappa shape index (κ2) is 3.76. The van der Waals surface area contributed by atoms with Crippen LogP contribution in [-0.2, 0) is 0 Å². The van der Waals surface area contributed by atoms with Crippen LogP contribution in [0.15, 0.2) is 18.2 Å². The fourth-order valence-corrected chi connectivity index (χ4v) is 0.851. The molecule has 1 aromatic carbocycles. The predicted molar refractivity (Wildman–Crippen MR) is 47.5 cm³/mol. The van der Waals surface area contributed by atoms with E-state index >= 15 is 0 Å². The Hall–Kier alpha value is -1.51. The Bertz CT molecular complexity index is 284. The van der Waals surface area contributed by atoms with Gasteiger partial charge in [0.2, 0.25) is 0 Å². The number of nitrogens with two attached hydrogens (primary N) is 1. The lowest BCUT2D eigenvalue weighted by atomic mass is 10.2. The van der Waals surface area contributed by atoms with Gasteiger partial charge in [0, 0.05) is 11.6 Å². The maximum Gasteiger partial charge on any atom is 0.127 e. The Morgan fingerprint density at radius 1 is 1.75 bits per heavy atom. The molecule has 1 radical (unpaired) electrons. The summed E-state index contributed by atoms with van der Waals surface area (Å²) in [7, 11) is 0. The molecule has 1 aromatic rings. The molecule has 12 heavy (non-hydrogen) atoms. The number of hydrogen-bond donors (Lipinski definition) is 2. The first kappa shape index (κ1) is 8.59. The summed E-state index contributed by atoms with van der Waals surface area (Å²) < 4.78 is 5.19. The van der Waals surface area contributed by atoms with Gasteiger partial charge in [-0.1, -0.05) is 6.07 Å². The minimum Gasteiger partial charge on any atom is -0.493 e. The number of amidine groups is 1. The summed E-state index contributed by atoms with van der Waals surface area (Å²) in [6.45, 7) is 2.49. The van der Waals surface area contributed by atoms with Crippen LogP contribution >= 0.6 is 0 Å². The summed E-state index contributed by atoms with van der Waals surface area (Å²) in [5.41, 5.74) is 5.96. The maximum atomic E-state index is 7.17. The molecule has 0 amide bonds. The summed E-state index contributed by atoms with van der Waals surface area (Å²) in [6, 6.07) is 8.01. The van der Waals surface area contributed by atoms with E-state index in [0.29, 0.717) is 17.9 Å². The van der Waals surface area contributed by atoms with E-state index in [9.17, 15) is 0 Å². The summed E-state index contributed by atoms with van der Waals surface area (Å²) >= 11 is 0. The number of benzene rings is 1. The van der Waals surface area contributed by atoms with Gasteiger partial charge in [-0.3, -0.25) is 5.41 Å². The molecule has 0 unspecified atom stereocenters. The monoisotopic (exact) mass is 163 g/mol. The van der Waals surface area contributed by atoms with Crippen molar-refractivity contribution >= 4 is 5.84 Å². The molecule has 0 aliphatic heterocycles. The summed E-state index contributed by atoms with van der Waals surface area (Å²) in [5.74, 6) is 0.676. The van der Waals surface area contributed by atoms with E-state index in [0.717, 1.165) is 0 Å². The van der Waals surface area contributed by atoms with Crippen LogP contribution < -0.4 is 10.5 Å². The third-order valence-electron chi connectivity index (χ3n) is 1.39. The molecule has 3 N–H and O–H groups in total. The molecule has 3 heteroatoms. The van der Waals surface area contributed by atoms with E-state index in [-0.39, 0.29) is 5.84 Å². The molecule has 0 fully saturated rings. The molecule has 0 spiro atoms. The molecular formula is C9H11N2O. The number of nitrogen functional groups attached to an aromatic ring is 1. The topological polar surface area (TPSA) is 59.1 Å². The number of ether oxygens (including phenoxy) is 1. The lowest BCUT2D eigenvalue weighted by Crippen LogP contribution is -2.10. The molecule has 0 heterocycles. The Morgan fingerprint density at radius 2 is 2.50 bits per heavy atom. The zero-order valence-electron chi connectivity index (χ0n) is 6.92. The van der Waals surface area contributed by atoms with E-state index in [1.54, 1.807) is 18.2 Å². The molecule has 0 aromatic heterocycles. The van der Waals surface area contributed by atoms with E-state index < -0.39 is 0 Å². The molecule has 0 aliphatic carbocycles. The van der Waals surface area contributed by atoms with Crippen molar-refractivity contribution in [2.45, 2.75) is 6.92 Å². The number of nitrogens with one attached hydrogen (secondary N) is 1. The average molecular weight is 163 g/mol. The van der Waals surface area contributed by atoms with Crippen molar-refractivity contribution in [3.05, 3.63) is 29.8 Å². The van der Waals surface area contributed by atoms with Crippen molar-refractivity contribution in [2.24, 2.45) is 5.73 Å². The van der Waals surface area contributed by atoms with E-state index in [1.165, 1.54) is 0 Å². The Balaban J connectivity index is 2.88. The standard InChI is InChI=1S/C9H11N2O/c1-2-12-8-5-3-4-7(6-8)9(10)11/h3-4,6H,2H2,1H3,(H3,10,11). The smallest absolute Gasteiger partial charge is 0.127 e. The summed E-state index contributed by atoms with van der Waals surface area (Å²) in [4.78, 5) is 0. The first-order chi connectivity index (χ1) is 5.74. The fraction of sp³-hybridized carbons (Fsp3) is 0.222. The first-order valence-electron chi connectivity index (χ1n) is 3.73. The third kappa shape index (κ3) is 1.99. The minimum absolute atomic E-state index is 0.0463. The summed E-state index contributed by atoms with van der Waals surface area (Å²) in [5, 5.41) is 7.17. The van der Waals surface area contributed by atoms with E-state index in [4.69, 9.17) is 15.9 Å². The van der Waals surface area contributed by atoms with Crippen molar-refractivity contribution in [1.82, 2.24) is 0 Å². The van der Waals surface area contributed by atoms with Crippen molar-refractivity contribution in [1.29, 1.82) is 5.41 Å². The zero-order valence-corrected chi connectivity index (χ0v) is 6.92. The van der Waals surface area contributed by atoms with Gasteiger partial charge in [0.25, 0.3) is 0 Å². The summed E-state index contributed by atoms with van der Waals surface area (Å²) in [6.07, 6.45) is 0. The molecule has 0 aliphatic rings. The van der Waals surface area contributed by atoms with Crippen LogP contribution in [0.25, 0.3) is 0 Å². The Labute approximate surface area is 71.7 Å². The highest BCUT2D eigenvalue weighted by molar-refractivity contribution is 5.95. The molecular weight excluding hydrogens is 152 g/mol. The van der Waals surface area contributed by atoms with Crippen molar-refractivity contribution in [2.75, 3.05) is 6.61 Å². The molecule has 63 valence electrons. The van der Waals surface area contributed by atoms with Crippen molar-refractivity contribution in [3.63, 3.8) is 0 Å².